The molecule has 0 aromatic heterocycles. The molecule has 2 fully saturated rings. The Labute approximate surface area is 140 Å². The number of nitrogens with zero attached hydrogens (tertiary/aromatic N) is 1. The Hall–Kier alpha value is -1.63. The van der Waals surface area contributed by atoms with E-state index < -0.39 is 11.4 Å². The van der Waals surface area contributed by atoms with Crippen LogP contribution in [0.15, 0.2) is 17.1 Å². The first kappa shape index (κ1) is 14.7. The van der Waals surface area contributed by atoms with Crippen molar-refractivity contribution in [3.05, 3.63) is 23.3 Å². The molecule has 0 amide bonds. The molecule has 6 nitrogen and oxygen atoms in total. The van der Waals surface area contributed by atoms with Gasteiger partial charge in [-0.3, -0.25) is 4.99 Å². The molecule has 128 valence electrons. The highest BCUT2D eigenvalue weighted by Gasteiger charge is 2.66. The lowest BCUT2D eigenvalue weighted by Crippen LogP contribution is -2.63. The van der Waals surface area contributed by atoms with Crippen molar-refractivity contribution in [3.63, 3.8) is 0 Å². The topological polar surface area (TPSA) is 69.5 Å². The molecular weight excluding hydrogens is 310 g/mol. The van der Waals surface area contributed by atoms with Gasteiger partial charge in [0.2, 0.25) is 5.79 Å². The van der Waals surface area contributed by atoms with E-state index in [1.54, 1.807) is 14.2 Å². The minimum atomic E-state index is -1.01. The molecule has 4 aliphatic rings. The third-order valence-electron chi connectivity index (χ3n) is 6.03. The van der Waals surface area contributed by atoms with Gasteiger partial charge in [-0.15, -0.1) is 0 Å². The predicted molar refractivity (Wildman–Crippen MR) is 86.0 cm³/mol. The second-order valence-corrected chi connectivity index (χ2v) is 6.97. The van der Waals surface area contributed by atoms with E-state index in [9.17, 15) is 5.11 Å². The average molecular weight is 331 g/mol. The van der Waals surface area contributed by atoms with Crippen LogP contribution in [-0.2, 0) is 15.9 Å². The fraction of sp³-hybridized carbons (Fsp3) is 0.611. The lowest BCUT2D eigenvalue weighted by molar-refractivity contribution is -0.246. The molecule has 2 aliphatic heterocycles. The lowest BCUT2D eigenvalue weighted by atomic mass is 9.62. The molecule has 3 atom stereocenters. The zero-order valence-electron chi connectivity index (χ0n) is 13.9. The number of fused-ring (bicyclic) bond motifs is 1. The summed E-state index contributed by atoms with van der Waals surface area (Å²) < 4.78 is 23.8. The maximum atomic E-state index is 11.5. The molecule has 2 heterocycles. The summed E-state index contributed by atoms with van der Waals surface area (Å²) in [5, 5.41) is 11.5. The molecule has 2 aliphatic carbocycles. The Bertz CT molecular complexity index is 739. The lowest BCUT2D eigenvalue weighted by Gasteiger charge is -2.50. The van der Waals surface area contributed by atoms with Crippen LogP contribution in [0.1, 0.15) is 29.9 Å². The summed E-state index contributed by atoms with van der Waals surface area (Å²) in [4.78, 5) is 4.42. The summed E-state index contributed by atoms with van der Waals surface area (Å²) in [5.41, 5.74) is 1.98. The van der Waals surface area contributed by atoms with E-state index in [0.717, 1.165) is 22.6 Å². The third kappa shape index (κ3) is 1.59. The molecule has 0 radical (unpaired) electrons. The van der Waals surface area contributed by atoms with E-state index >= 15 is 0 Å². The van der Waals surface area contributed by atoms with Crippen molar-refractivity contribution >= 4 is 5.71 Å². The smallest absolute Gasteiger partial charge is 0.206 e. The normalized spacial score (nSPS) is 36.7. The molecule has 1 aromatic rings. The Morgan fingerprint density at radius 3 is 2.75 bits per heavy atom. The third-order valence-corrected chi connectivity index (χ3v) is 6.03. The summed E-state index contributed by atoms with van der Waals surface area (Å²) in [5.74, 6) is 0.389. The SMILES string of the molecule is C/N=C1/Cc2ccc(OC)c3c2C2C(O3)C3(CCC12O)OCCO3. The summed E-state index contributed by atoms with van der Waals surface area (Å²) in [6.45, 7) is 1.11. The van der Waals surface area contributed by atoms with Crippen LogP contribution in [0.2, 0.25) is 0 Å². The van der Waals surface area contributed by atoms with Crippen molar-refractivity contribution in [2.45, 2.75) is 42.7 Å². The number of benzene rings is 1. The van der Waals surface area contributed by atoms with Crippen LogP contribution in [-0.4, -0.2) is 55.7 Å². The molecule has 1 spiro atoms. The predicted octanol–water partition coefficient (Wildman–Crippen LogP) is 1.43. The van der Waals surface area contributed by atoms with E-state index in [1.165, 1.54) is 0 Å². The van der Waals surface area contributed by atoms with Crippen molar-refractivity contribution in [1.82, 2.24) is 0 Å². The Kier molecular flexibility index (Phi) is 2.89. The van der Waals surface area contributed by atoms with Crippen LogP contribution in [0, 0.1) is 0 Å². The van der Waals surface area contributed by atoms with Gasteiger partial charge in [0.15, 0.2) is 17.6 Å². The Morgan fingerprint density at radius 1 is 1.25 bits per heavy atom. The van der Waals surface area contributed by atoms with E-state index in [4.69, 9.17) is 18.9 Å². The Balaban J connectivity index is 1.75. The molecule has 6 heteroatoms. The van der Waals surface area contributed by atoms with Crippen LogP contribution in [0.3, 0.4) is 0 Å². The molecule has 3 unspecified atom stereocenters. The van der Waals surface area contributed by atoms with Gasteiger partial charge < -0.3 is 24.1 Å². The Morgan fingerprint density at radius 2 is 2.04 bits per heavy atom. The summed E-state index contributed by atoms with van der Waals surface area (Å²) in [6.07, 6.45) is 1.40. The van der Waals surface area contributed by atoms with Crippen LogP contribution in [0.5, 0.6) is 11.5 Å². The molecule has 1 saturated heterocycles. The zero-order chi connectivity index (χ0) is 16.5. The fourth-order valence-electron chi connectivity index (χ4n) is 4.95. The van der Waals surface area contributed by atoms with Crippen molar-refractivity contribution in [2.75, 3.05) is 27.4 Å². The number of hydrogen-bond donors (Lipinski definition) is 1. The maximum absolute atomic E-state index is 11.5. The minimum Gasteiger partial charge on any atom is -0.493 e. The maximum Gasteiger partial charge on any atom is 0.206 e. The van der Waals surface area contributed by atoms with E-state index in [0.29, 0.717) is 38.2 Å². The molecule has 24 heavy (non-hydrogen) atoms. The van der Waals surface area contributed by atoms with E-state index in [2.05, 4.69) is 4.99 Å². The summed E-state index contributed by atoms with van der Waals surface area (Å²) in [7, 11) is 3.39. The first-order valence-electron chi connectivity index (χ1n) is 8.46. The first-order valence-corrected chi connectivity index (χ1v) is 8.46. The largest absolute Gasteiger partial charge is 0.493 e. The van der Waals surface area contributed by atoms with Gasteiger partial charge in [0.25, 0.3) is 0 Å². The number of ether oxygens (including phenoxy) is 4. The number of aliphatic imine (C=N–C) groups is 1. The number of aliphatic hydroxyl groups is 1. The van der Waals surface area contributed by atoms with Crippen molar-refractivity contribution in [1.29, 1.82) is 0 Å². The van der Waals surface area contributed by atoms with Gasteiger partial charge in [0.05, 0.1) is 26.2 Å². The van der Waals surface area contributed by atoms with Gasteiger partial charge in [0.1, 0.15) is 5.60 Å². The van der Waals surface area contributed by atoms with Crippen molar-refractivity contribution in [2.24, 2.45) is 4.99 Å². The fourth-order valence-corrected chi connectivity index (χ4v) is 4.95. The van der Waals surface area contributed by atoms with Gasteiger partial charge in [-0.05, 0) is 18.1 Å². The number of rotatable bonds is 1. The van der Waals surface area contributed by atoms with Gasteiger partial charge >= 0.3 is 0 Å². The summed E-state index contributed by atoms with van der Waals surface area (Å²) in [6, 6.07) is 3.97. The van der Waals surface area contributed by atoms with Crippen LogP contribution >= 0.6 is 0 Å². The molecule has 5 rings (SSSR count). The molecule has 0 bridgehead atoms. The molecular formula is C18H21NO5. The monoisotopic (exact) mass is 331 g/mol. The summed E-state index contributed by atoms with van der Waals surface area (Å²) >= 11 is 0. The number of hydrogen-bond acceptors (Lipinski definition) is 6. The van der Waals surface area contributed by atoms with Crippen LogP contribution < -0.4 is 9.47 Å². The van der Waals surface area contributed by atoms with Crippen LogP contribution in [0.25, 0.3) is 0 Å². The highest BCUT2D eigenvalue weighted by Crippen LogP contribution is 2.60. The van der Waals surface area contributed by atoms with Crippen molar-refractivity contribution < 1.29 is 24.1 Å². The quantitative estimate of drug-likeness (QED) is 0.843. The van der Waals surface area contributed by atoms with Gasteiger partial charge in [-0.25, -0.2) is 0 Å². The molecule has 1 N–H and O–H groups in total. The van der Waals surface area contributed by atoms with Gasteiger partial charge in [-0.1, -0.05) is 6.07 Å². The average Bonchev–Trinajstić information content (AvgIpc) is 3.22. The number of methoxy groups -OCH3 is 1. The standard InChI is InChI=1S/C18H21NO5/c1-19-12-9-10-3-4-11(21-2)15-13(10)14-16(24-15)18(22-7-8-23-18)6-5-17(12,14)20/h3-4,14,16,20H,5-9H2,1-2H3/b19-12-. The van der Waals surface area contributed by atoms with Crippen molar-refractivity contribution in [3.8, 4) is 11.5 Å². The zero-order valence-corrected chi connectivity index (χ0v) is 13.9. The van der Waals surface area contributed by atoms with Gasteiger partial charge in [-0.2, -0.15) is 0 Å². The second-order valence-electron chi connectivity index (χ2n) is 6.97. The highest BCUT2D eigenvalue weighted by atomic mass is 16.8. The second kappa shape index (κ2) is 4.71. The minimum absolute atomic E-state index is 0.239. The van der Waals surface area contributed by atoms with E-state index in [1.807, 2.05) is 12.1 Å². The molecule has 1 saturated carbocycles. The van der Waals surface area contributed by atoms with Crippen LogP contribution in [0.4, 0.5) is 0 Å². The molecule has 1 aromatic carbocycles. The first-order chi connectivity index (χ1) is 11.6. The van der Waals surface area contributed by atoms with E-state index in [-0.39, 0.29) is 12.0 Å². The van der Waals surface area contributed by atoms with Gasteiger partial charge in [0, 0.05) is 31.2 Å². The highest BCUT2D eigenvalue weighted by molar-refractivity contribution is 5.98.